The predicted molar refractivity (Wildman–Crippen MR) is 109 cm³/mol. The van der Waals surface area contributed by atoms with E-state index in [1.807, 2.05) is 6.07 Å². The number of amides is 2. The number of aromatic amines is 1. The minimum atomic E-state index is -0.203. The molecular formula is C21H26N4O4. The first-order valence-electron chi connectivity index (χ1n) is 9.89. The zero-order chi connectivity index (χ0) is 20.5. The van der Waals surface area contributed by atoms with E-state index in [0.29, 0.717) is 35.9 Å². The SMILES string of the molecule is CN(C)C(=O)C[C@H]1CN2C[C@H](NC(=O)c3c[nH]c(=O)c4ccccc34)C[C@H]2CO1. The number of H-pyrrole nitrogens is 1. The number of ether oxygens (including phenoxy) is 1. The maximum atomic E-state index is 12.9. The number of pyridine rings is 1. The number of benzene rings is 1. The molecule has 0 unspecified atom stereocenters. The first-order valence-corrected chi connectivity index (χ1v) is 9.89. The molecule has 2 aliphatic rings. The Kier molecular flexibility index (Phi) is 5.38. The fourth-order valence-electron chi connectivity index (χ4n) is 4.21. The molecule has 0 spiro atoms. The van der Waals surface area contributed by atoms with Gasteiger partial charge in [0.25, 0.3) is 11.5 Å². The number of hydrogen-bond acceptors (Lipinski definition) is 5. The van der Waals surface area contributed by atoms with E-state index in [2.05, 4.69) is 15.2 Å². The summed E-state index contributed by atoms with van der Waals surface area (Å²) in [5.74, 6) is -0.134. The lowest BCUT2D eigenvalue weighted by atomic mass is 10.1. The average molecular weight is 398 g/mol. The molecule has 2 aromatic rings. The summed E-state index contributed by atoms with van der Waals surface area (Å²) in [5, 5.41) is 4.26. The second kappa shape index (κ2) is 7.96. The van der Waals surface area contributed by atoms with Gasteiger partial charge in [-0.2, -0.15) is 0 Å². The molecule has 2 aliphatic heterocycles. The first-order chi connectivity index (χ1) is 13.9. The fourth-order valence-corrected chi connectivity index (χ4v) is 4.21. The van der Waals surface area contributed by atoms with E-state index in [4.69, 9.17) is 4.74 Å². The molecule has 4 rings (SSSR count). The van der Waals surface area contributed by atoms with Crippen LogP contribution in [0.15, 0.2) is 35.3 Å². The van der Waals surface area contributed by atoms with E-state index >= 15 is 0 Å². The van der Waals surface area contributed by atoms with Crippen LogP contribution in [-0.4, -0.2) is 78.6 Å². The molecule has 3 heterocycles. The maximum absolute atomic E-state index is 12.9. The third kappa shape index (κ3) is 4.04. The number of carbonyl (C=O) groups excluding carboxylic acids is 2. The van der Waals surface area contributed by atoms with Crippen LogP contribution in [0, 0.1) is 0 Å². The van der Waals surface area contributed by atoms with Gasteiger partial charge in [0.2, 0.25) is 5.91 Å². The third-order valence-electron chi connectivity index (χ3n) is 5.78. The van der Waals surface area contributed by atoms with Crippen molar-refractivity contribution in [2.45, 2.75) is 31.0 Å². The van der Waals surface area contributed by atoms with Gasteiger partial charge in [0, 0.05) is 56.2 Å². The molecule has 0 aliphatic carbocycles. The third-order valence-corrected chi connectivity index (χ3v) is 5.78. The lowest BCUT2D eigenvalue weighted by molar-refractivity contribution is -0.134. The molecule has 2 saturated heterocycles. The molecule has 1 aromatic carbocycles. The van der Waals surface area contributed by atoms with Crippen molar-refractivity contribution >= 4 is 22.6 Å². The van der Waals surface area contributed by atoms with Crippen molar-refractivity contribution in [2.24, 2.45) is 0 Å². The molecule has 1 aromatic heterocycles. The number of carbonyl (C=O) groups is 2. The summed E-state index contributed by atoms with van der Waals surface area (Å²) in [5.41, 5.74) is 0.265. The van der Waals surface area contributed by atoms with Crippen molar-refractivity contribution < 1.29 is 14.3 Å². The summed E-state index contributed by atoms with van der Waals surface area (Å²) in [6.45, 7) is 1.99. The quantitative estimate of drug-likeness (QED) is 0.786. The minimum Gasteiger partial charge on any atom is -0.375 e. The van der Waals surface area contributed by atoms with Crippen LogP contribution in [0.3, 0.4) is 0 Å². The lowest BCUT2D eigenvalue weighted by Crippen LogP contribution is -2.47. The van der Waals surface area contributed by atoms with E-state index in [1.165, 1.54) is 6.20 Å². The van der Waals surface area contributed by atoms with E-state index in [-0.39, 0.29) is 35.6 Å². The highest BCUT2D eigenvalue weighted by molar-refractivity contribution is 6.06. The zero-order valence-electron chi connectivity index (χ0n) is 16.7. The number of nitrogens with zero attached hydrogens (tertiary/aromatic N) is 2. The standard InChI is InChI=1S/C21H26N4O4/c1-24(2)19(26)8-15-11-25-10-13(7-14(25)12-29-15)23-21(28)18-9-22-20(27)17-6-4-3-5-16(17)18/h3-6,9,13-15H,7-8,10-12H2,1-2H3,(H,22,27)(H,23,28)/t13-,14+,15+/m1/s1. The van der Waals surface area contributed by atoms with Gasteiger partial charge in [-0.15, -0.1) is 0 Å². The monoisotopic (exact) mass is 398 g/mol. The summed E-state index contributed by atoms with van der Waals surface area (Å²) in [7, 11) is 3.49. The van der Waals surface area contributed by atoms with E-state index in [1.54, 1.807) is 37.2 Å². The molecule has 3 atom stereocenters. The molecule has 8 nitrogen and oxygen atoms in total. The highest BCUT2D eigenvalue weighted by Gasteiger charge is 2.38. The smallest absolute Gasteiger partial charge is 0.255 e. The summed E-state index contributed by atoms with van der Waals surface area (Å²) in [6, 6.07) is 7.36. The molecule has 0 saturated carbocycles. The highest BCUT2D eigenvalue weighted by Crippen LogP contribution is 2.25. The second-order valence-corrected chi connectivity index (χ2v) is 8.04. The summed E-state index contributed by atoms with van der Waals surface area (Å²) >= 11 is 0. The van der Waals surface area contributed by atoms with Gasteiger partial charge in [-0.25, -0.2) is 0 Å². The Labute approximate surface area is 168 Å². The van der Waals surface area contributed by atoms with Crippen molar-refractivity contribution in [3.63, 3.8) is 0 Å². The van der Waals surface area contributed by atoms with Crippen molar-refractivity contribution in [2.75, 3.05) is 33.8 Å². The van der Waals surface area contributed by atoms with Gasteiger partial charge < -0.3 is 19.9 Å². The van der Waals surface area contributed by atoms with Crippen molar-refractivity contribution in [1.82, 2.24) is 20.1 Å². The largest absolute Gasteiger partial charge is 0.375 e. The Morgan fingerprint density at radius 3 is 2.76 bits per heavy atom. The molecule has 8 heteroatoms. The van der Waals surface area contributed by atoms with Gasteiger partial charge in [0.1, 0.15) is 0 Å². The normalized spacial score (nSPS) is 24.3. The Bertz CT molecular complexity index is 986. The van der Waals surface area contributed by atoms with Crippen LogP contribution < -0.4 is 10.9 Å². The van der Waals surface area contributed by atoms with E-state index in [0.717, 1.165) is 13.0 Å². The molecule has 0 bridgehead atoms. The molecule has 2 fully saturated rings. The number of morpholine rings is 1. The van der Waals surface area contributed by atoms with Crippen LogP contribution in [0.2, 0.25) is 0 Å². The molecule has 0 radical (unpaired) electrons. The summed E-state index contributed by atoms with van der Waals surface area (Å²) in [6.07, 6.45) is 2.55. The lowest BCUT2D eigenvalue weighted by Gasteiger charge is -2.35. The molecule has 2 N–H and O–H groups in total. The number of aromatic nitrogens is 1. The predicted octanol–water partition coefficient (Wildman–Crippen LogP) is 0.578. The Morgan fingerprint density at radius 1 is 1.24 bits per heavy atom. The van der Waals surface area contributed by atoms with Crippen LogP contribution >= 0.6 is 0 Å². The average Bonchev–Trinajstić information content (AvgIpc) is 3.09. The van der Waals surface area contributed by atoms with Gasteiger partial charge in [0.05, 0.1) is 24.7 Å². The van der Waals surface area contributed by atoms with Gasteiger partial charge in [0.15, 0.2) is 0 Å². The Balaban J connectivity index is 1.41. The number of rotatable bonds is 4. The van der Waals surface area contributed by atoms with Gasteiger partial charge in [-0.3, -0.25) is 19.3 Å². The number of fused-ring (bicyclic) bond motifs is 2. The van der Waals surface area contributed by atoms with Crippen LogP contribution in [0.1, 0.15) is 23.2 Å². The van der Waals surface area contributed by atoms with Crippen molar-refractivity contribution in [1.29, 1.82) is 0 Å². The van der Waals surface area contributed by atoms with E-state index in [9.17, 15) is 14.4 Å². The van der Waals surface area contributed by atoms with Crippen LogP contribution in [-0.2, 0) is 9.53 Å². The number of hydrogen-bond donors (Lipinski definition) is 2. The number of nitrogens with one attached hydrogen (secondary N) is 2. The minimum absolute atomic E-state index is 0.00471. The highest BCUT2D eigenvalue weighted by atomic mass is 16.5. The van der Waals surface area contributed by atoms with Gasteiger partial charge in [-0.05, 0) is 12.5 Å². The molecular weight excluding hydrogens is 372 g/mol. The van der Waals surface area contributed by atoms with Gasteiger partial charge in [-0.1, -0.05) is 18.2 Å². The van der Waals surface area contributed by atoms with Crippen molar-refractivity contribution in [3.8, 4) is 0 Å². The van der Waals surface area contributed by atoms with E-state index < -0.39 is 0 Å². The molecule has 154 valence electrons. The van der Waals surface area contributed by atoms with Crippen LogP contribution in [0.25, 0.3) is 10.8 Å². The Morgan fingerprint density at radius 2 is 2.00 bits per heavy atom. The molecule has 29 heavy (non-hydrogen) atoms. The van der Waals surface area contributed by atoms with Gasteiger partial charge >= 0.3 is 0 Å². The summed E-state index contributed by atoms with van der Waals surface area (Å²) < 4.78 is 5.88. The van der Waals surface area contributed by atoms with Crippen molar-refractivity contribution in [3.05, 3.63) is 46.4 Å². The fraction of sp³-hybridized carbons (Fsp3) is 0.476. The summed E-state index contributed by atoms with van der Waals surface area (Å²) in [4.78, 5) is 43.3. The first kappa shape index (κ1) is 19.6. The maximum Gasteiger partial charge on any atom is 0.255 e. The molecule has 2 amide bonds. The Hall–Kier alpha value is -2.71. The topological polar surface area (TPSA) is 94.7 Å². The zero-order valence-corrected chi connectivity index (χ0v) is 16.7. The van der Waals surface area contributed by atoms with Crippen LogP contribution in [0.5, 0.6) is 0 Å². The van der Waals surface area contributed by atoms with Crippen LogP contribution in [0.4, 0.5) is 0 Å². The second-order valence-electron chi connectivity index (χ2n) is 8.04.